The lowest BCUT2D eigenvalue weighted by molar-refractivity contribution is 0.121. The maximum atomic E-state index is 5.63. The molecular formula is C13H25NO. The number of nitrogens with one attached hydrogen (secondary N) is 1. The molecule has 0 spiro atoms. The minimum atomic E-state index is 0.439. The van der Waals surface area contributed by atoms with E-state index in [1.54, 1.807) is 5.57 Å². The van der Waals surface area contributed by atoms with Gasteiger partial charge in [0, 0.05) is 6.61 Å². The van der Waals surface area contributed by atoms with E-state index in [4.69, 9.17) is 4.74 Å². The molecule has 0 fully saturated rings. The lowest BCUT2D eigenvalue weighted by Crippen LogP contribution is -2.32. The zero-order chi connectivity index (χ0) is 10.9. The fourth-order valence-corrected chi connectivity index (χ4v) is 2.08. The minimum Gasteiger partial charge on any atom is -0.379 e. The first-order chi connectivity index (χ1) is 7.38. The molecule has 0 aliphatic heterocycles. The number of ether oxygens (including phenoxy) is 1. The van der Waals surface area contributed by atoms with E-state index in [1.807, 2.05) is 7.05 Å². The molecule has 1 aliphatic carbocycles. The molecule has 2 nitrogen and oxygen atoms in total. The Morgan fingerprint density at radius 3 is 3.00 bits per heavy atom. The van der Waals surface area contributed by atoms with Gasteiger partial charge in [0.05, 0.1) is 12.6 Å². The Kier molecular flexibility index (Phi) is 6.69. The van der Waals surface area contributed by atoms with Gasteiger partial charge in [-0.3, -0.25) is 0 Å². The van der Waals surface area contributed by atoms with Crippen molar-refractivity contribution in [2.45, 2.75) is 51.5 Å². The summed E-state index contributed by atoms with van der Waals surface area (Å²) in [6.45, 7) is 3.86. The van der Waals surface area contributed by atoms with Gasteiger partial charge in [-0.1, -0.05) is 25.0 Å². The molecule has 2 heteroatoms. The molecule has 0 saturated heterocycles. The van der Waals surface area contributed by atoms with Crippen molar-refractivity contribution in [1.29, 1.82) is 0 Å². The van der Waals surface area contributed by atoms with Crippen LogP contribution in [0, 0.1) is 0 Å². The summed E-state index contributed by atoms with van der Waals surface area (Å²) >= 11 is 0. The van der Waals surface area contributed by atoms with Gasteiger partial charge in [-0.25, -0.2) is 0 Å². The summed E-state index contributed by atoms with van der Waals surface area (Å²) in [6.07, 6.45) is 10.1. The predicted octanol–water partition coefficient (Wildman–Crippen LogP) is 2.89. The van der Waals surface area contributed by atoms with E-state index >= 15 is 0 Å². The van der Waals surface area contributed by atoms with Gasteiger partial charge in [0.2, 0.25) is 0 Å². The number of allylic oxidation sites excluding steroid dienone is 1. The van der Waals surface area contributed by atoms with Gasteiger partial charge in [-0.2, -0.15) is 0 Å². The van der Waals surface area contributed by atoms with E-state index in [1.165, 1.54) is 32.1 Å². The van der Waals surface area contributed by atoms with E-state index in [0.717, 1.165) is 19.6 Å². The summed E-state index contributed by atoms with van der Waals surface area (Å²) in [5, 5.41) is 3.37. The van der Waals surface area contributed by atoms with Crippen molar-refractivity contribution in [3.63, 3.8) is 0 Å². The molecule has 0 amide bonds. The van der Waals surface area contributed by atoms with Crippen molar-refractivity contribution in [1.82, 2.24) is 5.32 Å². The molecule has 0 aromatic carbocycles. The van der Waals surface area contributed by atoms with Gasteiger partial charge in [0.25, 0.3) is 0 Å². The molecule has 0 aromatic heterocycles. The first-order valence-electron chi connectivity index (χ1n) is 6.32. The lowest BCUT2D eigenvalue weighted by Gasteiger charge is -2.19. The highest BCUT2D eigenvalue weighted by molar-refractivity contribution is 5.12. The summed E-state index contributed by atoms with van der Waals surface area (Å²) in [6, 6.07) is 0.439. The fraction of sp³-hybridized carbons (Fsp3) is 0.846. The Morgan fingerprint density at radius 2 is 2.27 bits per heavy atom. The summed E-state index contributed by atoms with van der Waals surface area (Å²) in [4.78, 5) is 0. The summed E-state index contributed by atoms with van der Waals surface area (Å²) < 4.78 is 5.63. The molecule has 0 aromatic rings. The van der Waals surface area contributed by atoms with Crippen molar-refractivity contribution >= 4 is 0 Å². The minimum absolute atomic E-state index is 0.439. The zero-order valence-electron chi connectivity index (χ0n) is 10.2. The summed E-state index contributed by atoms with van der Waals surface area (Å²) in [7, 11) is 2.03. The third-order valence-electron chi connectivity index (χ3n) is 3.01. The zero-order valence-corrected chi connectivity index (χ0v) is 10.2. The van der Waals surface area contributed by atoms with Crippen molar-refractivity contribution in [3.8, 4) is 0 Å². The Morgan fingerprint density at radius 1 is 1.40 bits per heavy atom. The van der Waals surface area contributed by atoms with Crippen LogP contribution in [0.3, 0.4) is 0 Å². The first-order valence-corrected chi connectivity index (χ1v) is 6.32. The monoisotopic (exact) mass is 211 g/mol. The first kappa shape index (κ1) is 12.7. The van der Waals surface area contributed by atoms with Crippen LogP contribution in [0.25, 0.3) is 0 Å². The van der Waals surface area contributed by atoms with Crippen molar-refractivity contribution in [2.75, 3.05) is 20.3 Å². The molecule has 1 rings (SSSR count). The van der Waals surface area contributed by atoms with Gasteiger partial charge >= 0.3 is 0 Å². The lowest BCUT2D eigenvalue weighted by atomic mass is 10.0. The second kappa shape index (κ2) is 7.89. The third-order valence-corrected chi connectivity index (χ3v) is 3.01. The summed E-state index contributed by atoms with van der Waals surface area (Å²) in [5.41, 5.74) is 1.56. The molecule has 0 heterocycles. The van der Waals surface area contributed by atoms with E-state index in [9.17, 15) is 0 Å². The van der Waals surface area contributed by atoms with E-state index in [0.29, 0.717) is 6.04 Å². The number of hydrogen-bond acceptors (Lipinski definition) is 2. The second-order valence-corrected chi connectivity index (χ2v) is 4.29. The predicted molar refractivity (Wildman–Crippen MR) is 65.1 cm³/mol. The van der Waals surface area contributed by atoms with Crippen molar-refractivity contribution in [2.24, 2.45) is 0 Å². The van der Waals surface area contributed by atoms with Gasteiger partial charge in [0.15, 0.2) is 0 Å². The number of rotatable bonds is 6. The molecule has 88 valence electrons. The van der Waals surface area contributed by atoms with Crippen LogP contribution in [0.15, 0.2) is 11.6 Å². The maximum absolute atomic E-state index is 5.63. The van der Waals surface area contributed by atoms with Crippen LogP contribution in [-0.4, -0.2) is 26.3 Å². The van der Waals surface area contributed by atoms with Crippen LogP contribution in [0.5, 0.6) is 0 Å². The topological polar surface area (TPSA) is 21.3 Å². The van der Waals surface area contributed by atoms with Crippen LogP contribution in [-0.2, 0) is 4.74 Å². The van der Waals surface area contributed by atoms with E-state index in [2.05, 4.69) is 18.3 Å². The molecule has 15 heavy (non-hydrogen) atoms. The average molecular weight is 211 g/mol. The van der Waals surface area contributed by atoms with Crippen molar-refractivity contribution in [3.05, 3.63) is 11.6 Å². The largest absolute Gasteiger partial charge is 0.379 e. The molecule has 1 atom stereocenters. The second-order valence-electron chi connectivity index (χ2n) is 4.29. The Balaban J connectivity index is 2.37. The molecule has 0 bridgehead atoms. The van der Waals surface area contributed by atoms with Crippen LogP contribution in [0.2, 0.25) is 0 Å². The van der Waals surface area contributed by atoms with Gasteiger partial charge < -0.3 is 10.1 Å². The highest BCUT2D eigenvalue weighted by Gasteiger charge is 2.13. The fourth-order valence-electron chi connectivity index (χ4n) is 2.08. The highest BCUT2D eigenvalue weighted by atomic mass is 16.5. The van der Waals surface area contributed by atoms with E-state index in [-0.39, 0.29) is 0 Å². The van der Waals surface area contributed by atoms with E-state index < -0.39 is 0 Å². The molecular weight excluding hydrogens is 186 g/mol. The van der Waals surface area contributed by atoms with Gasteiger partial charge in [0.1, 0.15) is 0 Å². The van der Waals surface area contributed by atoms with Crippen LogP contribution in [0.1, 0.15) is 45.4 Å². The third kappa shape index (κ3) is 4.80. The standard InChI is InChI=1S/C13H25NO/c1-3-10-15-11-13(14-2)12-8-6-4-5-7-9-12/h8,13-14H,3-7,9-11H2,1-2H3. The SMILES string of the molecule is CCCOCC(NC)C1=CCCCCC1. The quantitative estimate of drug-likeness (QED) is 0.539. The Hall–Kier alpha value is -0.340. The molecule has 0 radical (unpaired) electrons. The molecule has 1 unspecified atom stereocenters. The van der Waals surface area contributed by atoms with Crippen molar-refractivity contribution < 1.29 is 4.74 Å². The maximum Gasteiger partial charge on any atom is 0.0658 e. The summed E-state index contributed by atoms with van der Waals surface area (Å²) in [5.74, 6) is 0. The average Bonchev–Trinajstić information content (AvgIpc) is 2.53. The molecule has 1 aliphatic rings. The van der Waals surface area contributed by atoms with Crippen LogP contribution >= 0.6 is 0 Å². The highest BCUT2D eigenvalue weighted by Crippen LogP contribution is 2.19. The normalized spacial score (nSPS) is 19.5. The van der Waals surface area contributed by atoms with Gasteiger partial charge in [-0.15, -0.1) is 0 Å². The number of hydrogen-bond donors (Lipinski definition) is 1. The van der Waals surface area contributed by atoms with Gasteiger partial charge in [-0.05, 0) is 39.2 Å². The molecule has 0 saturated carbocycles. The molecule has 1 N–H and O–H groups in total. The smallest absolute Gasteiger partial charge is 0.0658 e. The van der Waals surface area contributed by atoms with Crippen LogP contribution < -0.4 is 5.32 Å². The Labute approximate surface area is 94.1 Å². The number of likely N-dealkylation sites (N-methyl/N-ethyl adjacent to an activating group) is 1. The van der Waals surface area contributed by atoms with Crippen LogP contribution in [0.4, 0.5) is 0 Å². The Bertz CT molecular complexity index is 189.